The van der Waals surface area contributed by atoms with Crippen molar-refractivity contribution in [3.63, 3.8) is 0 Å². The molecule has 2 rings (SSSR count). The fourth-order valence-electron chi connectivity index (χ4n) is 3.68. The molecule has 0 aromatic heterocycles. The summed E-state index contributed by atoms with van der Waals surface area (Å²) in [5.41, 5.74) is 0. The maximum absolute atomic E-state index is 12.2. The summed E-state index contributed by atoms with van der Waals surface area (Å²) >= 11 is 0.547. The molecule has 34 heavy (non-hydrogen) atoms. The number of hydrogen-bond acceptors (Lipinski definition) is 14. The van der Waals surface area contributed by atoms with Gasteiger partial charge in [0.25, 0.3) is 0 Å². The van der Waals surface area contributed by atoms with E-state index in [4.69, 9.17) is 19.3 Å². The molecule has 14 nitrogen and oxygen atoms in total. The largest absolute Gasteiger partial charge is 1.00 e. The number of hydrogen-bond donors (Lipinski definition) is 8. The number of aliphatic imine (C=N–C) groups is 1. The quantitative estimate of drug-likeness (QED) is 0.0795. The smallest absolute Gasteiger partial charge is 0.862 e. The van der Waals surface area contributed by atoms with Gasteiger partial charge >= 0.3 is 35.5 Å². The Balaban J connectivity index is 0.00000578. The number of aliphatic hydroxyl groups is 7. The van der Waals surface area contributed by atoms with Crippen LogP contribution in [0.1, 0.15) is 13.3 Å². The summed E-state index contributed by atoms with van der Waals surface area (Å²) in [6, 6.07) is -1.43. The predicted molar refractivity (Wildman–Crippen MR) is 108 cm³/mol. The van der Waals surface area contributed by atoms with Gasteiger partial charge in [-0.1, -0.05) is 0 Å². The Labute approximate surface area is 221 Å². The average Bonchev–Trinajstić information content (AvgIpc) is 2.77. The van der Waals surface area contributed by atoms with E-state index in [0.29, 0.717) is 11.8 Å². The predicted octanol–water partition coefficient (Wildman–Crippen LogP) is -8.03. The summed E-state index contributed by atoms with van der Waals surface area (Å²) in [6.07, 6.45) is -14.9. The van der Waals surface area contributed by atoms with E-state index in [1.165, 1.54) is 7.11 Å². The van der Waals surface area contributed by atoms with Crippen LogP contribution in [0.5, 0.6) is 0 Å². The topological polar surface area (TPSA) is 242 Å². The van der Waals surface area contributed by atoms with Gasteiger partial charge in [-0.2, -0.15) is 0 Å². The first-order valence-electron chi connectivity index (χ1n) is 10.0. The SMILES string of the molecule is CO[C@H]1O[C@H](CS[C@]2(C(=O)O)C[C@H](O)[C@@H](N=C(C)[O-])[C@H]([C@H](O)[C@H](O)CO)O2)[C@@H](O)[C@H](O)[C@H]1O.[Na+]. The molecule has 16 heteroatoms. The van der Waals surface area contributed by atoms with Crippen molar-refractivity contribution in [3.05, 3.63) is 0 Å². The van der Waals surface area contributed by atoms with Crippen LogP contribution in [0.25, 0.3) is 0 Å². The molecule has 0 aliphatic carbocycles. The van der Waals surface area contributed by atoms with E-state index in [1.807, 2.05) is 0 Å². The number of thioether (sulfide) groups is 1. The molecule has 0 amide bonds. The first kappa shape index (κ1) is 31.9. The molecule has 0 aromatic rings. The van der Waals surface area contributed by atoms with Crippen molar-refractivity contribution < 1.29 is 94.5 Å². The molecule has 0 aromatic carbocycles. The minimum atomic E-state index is -2.25. The van der Waals surface area contributed by atoms with Crippen molar-refractivity contribution in [1.82, 2.24) is 0 Å². The molecule has 192 valence electrons. The number of nitrogens with zero attached hydrogens (tertiary/aromatic N) is 1. The molecular formula is C18H30NNaO13S. The van der Waals surface area contributed by atoms with Gasteiger partial charge in [-0.15, -0.1) is 11.8 Å². The van der Waals surface area contributed by atoms with Crippen LogP contribution in [0.2, 0.25) is 0 Å². The van der Waals surface area contributed by atoms with Crippen LogP contribution >= 0.6 is 11.8 Å². The van der Waals surface area contributed by atoms with E-state index < -0.39 is 91.0 Å². The third-order valence-corrected chi connectivity index (χ3v) is 6.89. The molecule has 0 saturated carbocycles. The van der Waals surface area contributed by atoms with Crippen LogP contribution in [-0.2, 0) is 19.0 Å². The van der Waals surface area contributed by atoms with Crippen molar-refractivity contribution in [2.24, 2.45) is 4.99 Å². The fraction of sp³-hybridized carbons (Fsp3) is 0.889. The number of carboxylic acid groups (broad SMARTS) is 1. The van der Waals surface area contributed by atoms with Gasteiger partial charge in [-0.3, -0.25) is 4.99 Å². The van der Waals surface area contributed by atoms with Crippen LogP contribution in [0.4, 0.5) is 0 Å². The summed E-state index contributed by atoms with van der Waals surface area (Å²) in [5.74, 6) is -2.66. The summed E-state index contributed by atoms with van der Waals surface area (Å²) in [7, 11) is 1.19. The molecule has 0 unspecified atom stereocenters. The molecule has 8 N–H and O–H groups in total. The van der Waals surface area contributed by atoms with Gasteiger partial charge in [0.05, 0.1) is 18.8 Å². The maximum atomic E-state index is 12.2. The van der Waals surface area contributed by atoms with Crippen molar-refractivity contribution in [2.75, 3.05) is 19.5 Å². The monoisotopic (exact) mass is 523 g/mol. The van der Waals surface area contributed by atoms with Gasteiger partial charge in [0, 0.05) is 19.3 Å². The minimum Gasteiger partial charge on any atom is -0.862 e. The molecule has 0 bridgehead atoms. The third kappa shape index (κ3) is 7.01. The first-order valence-corrected chi connectivity index (χ1v) is 11.0. The van der Waals surface area contributed by atoms with Crippen molar-refractivity contribution in [1.29, 1.82) is 0 Å². The van der Waals surface area contributed by atoms with E-state index in [0.717, 1.165) is 6.92 Å². The van der Waals surface area contributed by atoms with Crippen molar-refractivity contribution in [3.8, 4) is 0 Å². The standard InChI is InChI=1S/C18H31NO13S.Na/c1-6(21)19-10-7(22)3-18(17(28)29,32-15(10)11(24)8(23)4-20)33-5-9-12(25)13(26)14(27)16(30-2)31-9;/h7-16,20,22-27H,3-5H2,1-2H3,(H,19,21)(H,28,29);/q;+1/p-1/t7-,8+,9+,10+,11+,12+,13-,14+,15+,16-,18-;/m0./s1. The number of ether oxygens (including phenoxy) is 3. The Morgan fingerprint density at radius 2 is 1.85 bits per heavy atom. The van der Waals surface area contributed by atoms with Gasteiger partial charge in [-0.05, 0) is 12.8 Å². The number of carboxylic acids is 1. The third-order valence-electron chi connectivity index (χ3n) is 5.49. The number of aliphatic carboxylic acids is 1. The Morgan fingerprint density at radius 3 is 2.35 bits per heavy atom. The summed E-state index contributed by atoms with van der Waals surface area (Å²) in [5, 5.41) is 91.5. The molecule has 2 fully saturated rings. The second-order valence-electron chi connectivity index (χ2n) is 7.85. The molecule has 11 atom stereocenters. The van der Waals surface area contributed by atoms with Crippen molar-refractivity contribution >= 4 is 23.6 Å². The van der Waals surface area contributed by atoms with Gasteiger partial charge in [0.2, 0.25) is 4.93 Å². The van der Waals surface area contributed by atoms with E-state index in [9.17, 15) is 45.6 Å². The van der Waals surface area contributed by atoms with Gasteiger partial charge in [-0.25, -0.2) is 4.79 Å². The van der Waals surface area contributed by atoms with Crippen LogP contribution in [-0.4, -0.2) is 138 Å². The van der Waals surface area contributed by atoms with Gasteiger partial charge in [0.15, 0.2) is 6.29 Å². The molecule has 0 spiro atoms. The minimum absolute atomic E-state index is 0. The van der Waals surface area contributed by atoms with Crippen LogP contribution in [0.3, 0.4) is 0 Å². The second kappa shape index (κ2) is 13.4. The van der Waals surface area contributed by atoms with E-state index in [2.05, 4.69) is 4.99 Å². The number of rotatable bonds is 9. The zero-order valence-corrected chi connectivity index (χ0v) is 21.7. The maximum Gasteiger partial charge on any atom is 1.00 e. The molecule has 2 heterocycles. The molecule has 0 radical (unpaired) electrons. The summed E-state index contributed by atoms with van der Waals surface area (Å²) in [6.45, 7) is 0.151. The van der Waals surface area contributed by atoms with E-state index in [-0.39, 0.29) is 35.3 Å². The zero-order chi connectivity index (χ0) is 25.1. The van der Waals surface area contributed by atoms with Crippen LogP contribution in [0, 0.1) is 0 Å². The second-order valence-corrected chi connectivity index (χ2v) is 9.13. The van der Waals surface area contributed by atoms with Crippen molar-refractivity contribution in [2.45, 2.75) is 79.4 Å². The average molecular weight is 523 g/mol. The Morgan fingerprint density at radius 1 is 1.24 bits per heavy atom. The number of carbonyl (C=O) groups is 1. The Kier molecular flexibility index (Phi) is 12.6. The molecule has 2 aliphatic heterocycles. The zero-order valence-electron chi connectivity index (χ0n) is 18.9. The molecule has 2 aliphatic rings. The first-order chi connectivity index (χ1) is 15.4. The summed E-state index contributed by atoms with van der Waals surface area (Å²) < 4.78 is 15.9. The van der Waals surface area contributed by atoms with Gasteiger partial charge < -0.3 is 60.2 Å². The van der Waals surface area contributed by atoms with Crippen LogP contribution < -0.4 is 34.7 Å². The summed E-state index contributed by atoms with van der Waals surface area (Å²) in [4.78, 5) is 13.6. The Bertz CT molecular complexity index is 699. The van der Waals surface area contributed by atoms with Gasteiger partial charge in [0.1, 0.15) is 42.7 Å². The van der Waals surface area contributed by atoms with E-state index in [1.54, 1.807) is 0 Å². The van der Waals surface area contributed by atoms with Crippen LogP contribution in [0.15, 0.2) is 4.99 Å². The normalized spacial score (nSPS) is 40.8. The molecule has 2 saturated heterocycles. The fourth-order valence-corrected chi connectivity index (χ4v) is 4.98. The molecular weight excluding hydrogens is 493 g/mol. The van der Waals surface area contributed by atoms with E-state index >= 15 is 0 Å². The number of aliphatic hydroxyl groups excluding tert-OH is 7. The Hall–Kier alpha value is -0.110. The number of methoxy groups -OCH3 is 1.